The summed E-state index contributed by atoms with van der Waals surface area (Å²) < 4.78 is 2.04. The number of nitrogens with zero attached hydrogens (tertiary/aromatic N) is 4. The largest absolute Gasteiger partial charge is 0.330 e. The highest BCUT2D eigenvalue weighted by Gasteiger charge is 2.19. The first-order chi connectivity index (χ1) is 8.40. The van der Waals surface area contributed by atoms with Gasteiger partial charge < -0.3 is 5.73 Å². The van der Waals surface area contributed by atoms with E-state index >= 15 is 0 Å². The molecule has 0 spiro atoms. The highest BCUT2D eigenvalue weighted by molar-refractivity contribution is 5.40. The number of aromatic nitrogens is 4. The summed E-state index contributed by atoms with van der Waals surface area (Å²) in [7, 11) is 0. The van der Waals surface area contributed by atoms with Crippen molar-refractivity contribution in [3.63, 3.8) is 0 Å². The second kappa shape index (κ2) is 4.25. The first-order valence-electron chi connectivity index (χ1n) is 5.95. The van der Waals surface area contributed by atoms with E-state index in [1.54, 1.807) is 12.5 Å². The minimum absolute atomic E-state index is 0.601. The molecule has 5 heteroatoms. The maximum Gasteiger partial charge on any atom is 0.144 e. The Balaban J connectivity index is 2.09. The van der Waals surface area contributed by atoms with E-state index in [1.165, 1.54) is 17.7 Å². The van der Waals surface area contributed by atoms with Crippen molar-refractivity contribution >= 4 is 0 Å². The van der Waals surface area contributed by atoms with Crippen molar-refractivity contribution in [2.75, 3.05) is 6.54 Å². The highest BCUT2D eigenvalue weighted by Crippen LogP contribution is 2.24. The van der Waals surface area contributed by atoms with Crippen molar-refractivity contribution in [3.05, 3.63) is 35.8 Å². The smallest absolute Gasteiger partial charge is 0.144 e. The lowest BCUT2D eigenvalue weighted by atomic mass is 10.2. The van der Waals surface area contributed by atoms with E-state index in [9.17, 15) is 0 Å². The van der Waals surface area contributed by atoms with Gasteiger partial charge in [-0.25, -0.2) is 15.0 Å². The van der Waals surface area contributed by atoms with Crippen LogP contribution in [0.25, 0.3) is 5.82 Å². The molecule has 0 amide bonds. The molecule has 3 rings (SSSR count). The topological polar surface area (TPSA) is 69.6 Å². The van der Waals surface area contributed by atoms with Crippen LogP contribution in [0.1, 0.15) is 23.5 Å². The Morgan fingerprint density at radius 3 is 3.06 bits per heavy atom. The number of hydrogen-bond donors (Lipinski definition) is 1. The highest BCUT2D eigenvalue weighted by atomic mass is 15.1. The van der Waals surface area contributed by atoms with Crippen molar-refractivity contribution in [2.45, 2.75) is 25.7 Å². The number of rotatable bonds is 3. The first kappa shape index (κ1) is 10.4. The lowest BCUT2D eigenvalue weighted by Gasteiger charge is -2.10. The zero-order valence-electron chi connectivity index (χ0n) is 9.63. The number of nitrogens with two attached hydrogens (primary N) is 1. The molecule has 0 unspecified atom stereocenters. The van der Waals surface area contributed by atoms with Gasteiger partial charge in [0, 0.05) is 30.1 Å². The van der Waals surface area contributed by atoms with Crippen LogP contribution in [0.5, 0.6) is 0 Å². The summed E-state index contributed by atoms with van der Waals surface area (Å²) in [6.45, 7) is 0.601. The predicted molar refractivity (Wildman–Crippen MR) is 63.9 cm³/mol. The summed E-state index contributed by atoms with van der Waals surface area (Å²) >= 11 is 0. The maximum absolute atomic E-state index is 5.59. The van der Waals surface area contributed by atoms with Gasteiger partial charge in [-0.15, -0.1) is 0 Å². The van der Waals surface area contributed by atoms with Crippen LogP contribution in [-0.2, 0) is 19.3 Å². The van der Waals surface area contributed by atoms with Gasteiger partial charge >= 0.3 is 0 Å². The normalized spacial score (nSPS) is 13.9. The monoisotopic (exact) mass is 229 g/mol. The van der Waals surface area contributed by atoms with Gasteiger partial charge in [-0.3, -0.25) is 4.57 Å². The molecule has 0 bridgehead atoms. The average molecular weight is 229 g/mol. The molecule has 0 atom stereocenters. The van der Waals surface area contributed by atoms with Crippen LogP contribution in [0, 0.1) is 0 Å². The van der Waals surface area contributed by atoms with Gasteiger partial charge in [0.2, 0.25) is 0 Å². The van der Waals surface area contributed by atoms with Crippen molar-refractivity contribution < 1.29 is 0 Å². The van der Waals surface area contributed by atoms with Gasteiger partial charge in [0.15, 0.2) is 0 Å². The fourth-order valence-electron chi connectivity index (χ4n) is 2.39. The van der Waals surface area contributed by atoms with Crippen molar-refractivity contribution in [3.8, 4) is 5.82 Å². The molecule has 0 radical (unpaired) electrons. The van der Waals surface area contributed by atoms with Crippen LogP contribution in [0.4, 0.5) is 0 Å². The summed E-state index contributed by atoms with van der Waals surface area (Å²) in [6, 6.07) is 0. The molecular formula is C12H15N5. The van der Waals surface area contributed by atoms with Crippen LogP contribution in [-0.4, -0.2) is 26.1 Å². The van der Waals surface area contributed by atoms with Crippen LogP contribution >= 0.6 is 0 Å². The number of hydrogen-bond acceptors (Lipinski definition) is 4. The number of fused-ring (bicyclic) bond motifs is 1. The van der Waals surface area contributed by atoms with E-state index < -0.39 is 0 Å². The van der Waals surface area contributed by atoms with Crippen molar-refractivity contribution in [1.29, 1.82) is 0 Å². The third-order valence-electron chi connectivity index (χ3n) is 3.17. The fraction of sp³-hybridized carbons (Fsp3) is 0.417. The van der Waals surface area contributed by atoms with Crippen molar-refractivity contribution in [1.82, 2.24) is 19.5 Å². The molecule has 0 aliphatic heterocycles. The van der Waals surface area contributed by atoms with Gasteiger partial charge in [0.25, 0.3) is 0 Å². The van der Waals surface area contributed by atoms with Crippen LogP contribution in [0.3, 0.4) is 0 Å². The summed E-state index contributed by atoms with van der Waals surface area (Å²) in [4.78, 5) is 13.1. The Morgan fingerprint density at radius 2 is 2.18 bits per heavy atom. The Kier molecular flexibility index (Phi) is 2.60. The van der Waals surface area contributed by atoms with Crippen LogP contribution in [0.15, 0.2) is 18.7 Å². The molecule has 0 saturated carbocycles. The van der Waals surface area contributed by atoms with E-state index in [2.05, 4.69) is 15.0 Å². The van der Waals surface area contributed by atoms with Crippen LogP contribution < -0.4 is 5.73 Å². The molecule has 88 valence electrons. The Bertz CT molecular complexity index is 531. The van der Waals surface area contributed by atoms with E-state index in [4.69, 9.17) is 5.73 Å². The van der Waals surface area contributed by atoms with Gasteiger partial charge in [-0.05, 0) is 25.8 Å². The third-order valence-corrected chi connectivity index (χ3v) is 3.17. The molecule has 1 aliphatic rings. The van der Waals surface area contributed by atoms with E-state index in [0.717, 1.165) is 30.9 Å². The Labute approximate surface area is 99.7 Å². The van der Waals surface area contributed by atoms with Gasteiger partial charge in [0.1, 0.15) is 18.0 Å². The second-order valence-electron chi connectivity index (χ2n) is 4.23. The maximum atomic E-state index is 5.59. The van der Waals surface area contributed by atoms with E-state index in [-0.39, 0.29) is 0 Å². The molecule has 0 fully saturated rings. The number of aryl methyl sites for hydroxylation is 1. The molecule has 17 heavy (non-hydrogen) atoms. The van der Waals surface area contributed by atoms with Crippen LogP contribution in [0.2, 0.25) is 0 Å². The molecule has 2 heterocycles. The average Bonchev–Trinajstić information content (AvgIpc) is 2.96. The Hall–Kier alpha value is -1.75. The zero-order valence-corrected chi connectivity index (χ0v) is 9.63. The molecule has 0 aromatic carbocycles. The summed E-state index contributed by atoms with van der Waals surface area (Å²) in [6.07, 6.45) is 9.46. The van der Waals surface area contributed by atoms with Gasteiger partial charge in [-0.1, -0.05) is 0 Å². The SMILES string of the molecule is NCCc1nccn1-c1ncnc2c1CCC2. The lowest BCUT2D eigenvalue weighted by Crippen LogP contribution is -2.11. The zero-order chi connectivity index (χ0) is 11.7. The fourth-order valence-corrected chi connectivity index (χ4v) is 2.39. The van der Waals surface area contributed by atoms with E-state index in [1.807, 2.05) is 10.8 Å². The first-order valence-corrected chi connectivity index (χ1v) is 5.95. The van der Waals surface area contributed by atoms with Gasteiger partial charge in [-0.2, -0.15) is 0 Å². The molecule has 0 saturated heterocycles. The summed E-state index contributed by atoms with van der Waals surface area (Å²) in [5.41, 5.74) is 8.04. The molecule has 2 aromatic heterocycles. The lowest BCUT2D eigenvalue weighted by molar-refractivity contribution is 0.809. The molecule has 2 aromatic rings. The quantitative estimate of drug-likeness (QED) is 0.839. The molecule has 1 aliphatic carbocycles. The summed E-state index contributed by atoms with van der Waals surface area (Å²) in [5.74, 6) is 1.95. The predicted octanol–water partition coefficient (Wildman–Crippen LogP) is 0.652. The summed E-state index contributed by atoms with van der Waals surface area (Å²) in [5, 5.41) is 0. The number of imidazole rings is 1. The molecular weight excluding hydrogens is 214 g/mol. The molecule has 2 N–H and O–H groups in total. The molecule has 5 nitrogen and oxygen atoms in total. The van der Waals surface area contributed by atoms with Gasteiger partial charge in [0.05, 0.1) is 0 Å². The Morgan fingerprint density at radius 1 is 1.24 bits per heavy atom. The van der Waals surface area contributed by atoms with Crippen molar-refractivity contribution in [2.24, 2.45) is 5.73 Å². The standard InChI is InChI=1S/C12H15N5/c13-5-4-11-14-6-7-17(11)12-9-2-1-3-10(9)15-8-16-12/h6-8H,1-5,13H2. The van der Waals surface area contributed by atoms with E-state index in [0.29, 0.717) is 6.54 Å². The third kappa shape index (κ3) is 1.72. The minimum atomic E-state index is 0.601. The minimum Gasteiger partial charge on any atom is -0.330 e. The second-order valence-corrected chi connectivity index (χ2v) is 4.23.